The normalized spacial score (nSPS) is 35.9. The fraction of sp³-hybridized carbons (Fsp3) is 0.692. The number of aliphatic hydroxyl groups is 1. The SMILES string of the molecule is OC(CC1CC2CCC1C2)c1ccco1. The highest BCUT2D eigenvalue weighted by molar-refractivity contribution is 5.03. The van der Waals surface area contributed by atoms with Crippen molar-refractivity contribution in [1.29, 1.82) is 0 Å². The Balaban J connectivity index is 1.62. The molecule has 0 amide bonds. The molecule has 0 saturated heterocycles. The second-order valence-corrected chi connectivity index (χ2v) is 5.20. The highest BCUT2D eigenvalue weighted by atomic mass is 16.4. The average molecular weight is 206 g/mol. The van der Waals surface area contributed by atoms with Gasteiger partial charge in [0.2, 0.25) is 0 Å². The lowest BCUT2D eigenvalue weighted by molar-refractivity contribution is 0.104. The average Bonchev–Trinajstić information content (AvgIpc) is 2.95. The van der Waals surface area contributed by atoms with Crippen LogP contribution in [0, 0.1) is 17.8 Å². The maximum absolute atomic E-state index is 10.0. The van der Waals surface area contributed by atoms with E-state index in [0.29, 0.717) is 0 Å². The molecule has 15 heavy (non-hydrogen) atoms. The number of furan rings is 1. The monoisotopic (exact) mass is 206 g/mol. The van der Waals surface area contributed by atoms with Gasteiger partial charge >= 0.3 is 0 Å². The first-order valence-electron chi connectivity index (χ1n) is 6.04. The molecular formula is C13H18O2. The van der Waals surface area contributed by atoms with Gasteiger partial charge in [-0.3, -0.25) is 0 Å². The van der Waals surface area contributed by atoms with Gasteiger partial charge in [-0.1, -0.05) is 6.42 Å². The van der Waals surface area contributed by atoms with Crippen LogP contribution < -0.4 is 0 Å². The predicted octanol–water partition coefficient (Wildman–Crippen LogP) is 3.14. The summed E-state index contributed by atoms with van der Waals surface area (Å²) in [5.41, 5.74) is 0. The van der Waals surface area contributed by atoms with Crippen LogP contribution in [0.15, 0.2) is 22.8 Å². The first-order valence-corrected chi connectivity index (χ1v) is 6.04. The Labute approximate surface area is 90.3 Å². The van der Waals surface area contributed by atoms with E-state index in [2.05, 4.69) is 0 Å². The number of rotatable bonds is 3. The third-order valence-electron chi connectivity index (χ3n) is 4.28. The molecule has 4 unspecified atom stereocenters. The van der Waals surface area contributed by atoms with Crippen LogP contribution in [0.2, 0.25) is 0 Å². The van der Waals surface area contributed by atoms with Crippen LogP contribution in [0.25, 0.3) is 0 Å². The van der Waals surface area contributed by atoms with Crippen LogP contribution in [0.3, 0.4) is 0 Å². The first-order chi connectivity index (χ1) is 7.33. The van der Waals surface area contributed by atoms with E-state index in [0.717, 1.165) is 29.9 Å². The van der Waals surface area contributed by atoms with Crippen molar-refractivity contribution in [3.63, 3.8) is 0 Å². The summed E-state index contributed by atoms with van der Waals surface area (Å²) in [5, 5.41) is 10.0. The second kappa shape index (κ2) is 3.67. The van der Waals surface area contributed by atoms with Gasteiger partial charge in [-0.15, -0.1) is 0 Å². The van der Waals surface area contributed by atoms with Crippen LogP contribution >= 0.6 is 0 Å². The van der Waals surface area contributed by atoms with E-state index >= 15 is 0 Å². The number of fused-ring (bicyclic) bond motifs is 2. The zero-order valence-electron chi connectivity index (χ0n) is 8.93. The quantitative estimate of drug-likeness (QED) is 0.824. The summed E-state index contributed by atoms with van der Waals surface area (Å²) >= 11 is 0. The Bertz CT molecular complexity index is 317. The Hall–Kier alpha value is -0.760. The van der Waals surface area contributed by atoms with Gasteiger partial charge in [-0.05, 0) is 55.6 Å². The largest absolute Gasteiger partial charge is 0.467 e. The molecule has 0 aromatic carbocycles. The highest BCUT2D eigenvalue weighted by Crippen LogP contribution is 2.50. The Morgan fingerprint density at radius 3 is 2.93 bits per heavy atom. The van der Waals surface area contributed by atoms with E-state index in [1.54, 1.807) is 6.26 Å². The molecule has 1 heterocycles. The lowest BCUT2D eigenvalue weighted by Gasteiger charge is -2.23. The molecule has 3 rings (SSSR count). The Morgan fingerprint density at radius 1 is 1.40 bits per heavy atom. The highest BCUT2D eigenvalue weighted by Gasteiger charge is 2.40. The summed E-state index contributed by atoms with van der Waals surface area (Å²) in [6.07, 6.45) is 7.72. The van der Waals surface area contributed by atoms with Gasteiger partial charge in [0.1, 0.15) is 11.9 Å². The van der Waals surface area contributed by atoms with E-state index in [-0.39, 0.29) is 6.10 Å². The Morgan fingerprint density at radius 2 is 2.33 bits per heavy atom. The molecule has 2 aliphatic rings. The van der Waals surface area contributed by atoms with E-state index in [1.807, 2.05) is 12.1 Å². The number of aliphatic hydroxyl groups excluding tert-OH is 1. The van der Waals surface area contributed by atoms with E-state index < -0.39 is 0 Å². The fourth-order valence-electron chi connectivity index (χ4n) is 3.55. The molecule has 4 atom stereocenters. The molecule has 2 aliphatic carbocycles. The van der Waals surface area contributed by atoms with Gasteiger partial charge in [0, 0.05) is 0 Å². The van der Waals surface area contributed by atoms with Crippen LogP contribution in [0.4, 0.5) is 0 Å². The molecule has 0 spiro atoms. The second-order valence-electron chi connectivity index (χ2n) is 5.20. The van der Waals surface area contributed by atoms with Crippen LogP contribution in [-0.2, 0) is 0 Å². The van der Waals surface area contributed by atoms with E-state index in [1.165, 1.54) is 25.7 Å². The van der Waals surface area contributed by atoms with Crippen molar-refractivity contribution in [2.75, 3.05) is 0 Å². The van der Waals surface area contributed by atoms with Gasteiger partial charge in [0.05, 0.1) is 6.26 Å². The summed E-state index contributed by atoms with van der Waals surface area (Å²) in [4.78, 5) is 0. The Kier molecular flexibility index (Phi) is 2.32. The molecule has 2 bridgehead atoms. The maximum Gasteiger partial charge on any atom is 0.132 e. The predicted molar refractivity (Wildman–Crippen MR) is 57.2 cm³/mol. The van der Waals surface area contributed by atoms with Gasteiger partial charge in [-0.2, -0.15) is 0 Å². The van der Waals surface area contributed by atoms with Gasteiger partial charge in [0.25, 0.3) is 0 Å². The molecule has 0 aliphatic heterocycles. The molecule has 2 saturated carbocycles. The van der Waals surface area contributed by atoms with Crippen LogP contribution in [0.1, 0.15) is 44.0 Å². The summed E-state index contributed by atoms with van der Waals surface area (Å²) in [6.45, 7) is 0. The van der Waals surface area contributed by atoms with Gasteiger partial charge < -0.3 is 9.52 Å². The third-order valence-corrected chi connectivity index (χ3v) is 4.28. The standard InChI is InChI=1S/C13H18O2/c14-12(13-2-1-5-15-13)8-11-7-9-3-4-10(11)6-9/h1-2,5,9-12,14H,3-4,6-8H2. The van der Waals surface area contributed by atoms with Crippen molar-refractivity contribution < 1.29 is 9.52 Å². The van der Waals surface area contributed by atoms with Crippen molar-refractivity contribution in [2.24, 2.45) is 17.8 Å². The molecule has 2 heteroatoms. The minimum Gasteiger partial charge on any atom is -0.467 e. The van der Waals surface area contributed by atoms with E-state index in [9.17, 15) is 5.11 Å². The minimum absolute atomic E-state index is 0.385. The molecular weight excluding hydrogens is 188 g/mol. The molecule has 1 N–H and O–H groups in total. The lowest BCUT2D eigenvalue weighted by atomic mass is 9.84. The number of hydrogen-bond acceptors (Lipinski definition) is 2. The zero-order valence-corrected chi connectivity index (χ0v) is 8.93. The molecule has 0 radical (unpaired) electrons. The third kappa shape index (κ3) is 1.71. The lowest BCUT2D eigenvalue weighted by Crippen LogP contribution is -2.14. The van der Waals surface area contributed by atoms with E-state index in [4.69, 9.17) is 4.42 Å². The van der Waals surface area contributed by atoms with Gasteiger partial charge in [0.15, 0.2) is 0 Å². The molecule has 1 aromatic heterocycles. The van der Waals surface area contributed by atoms with Crippen LogP contribution in [0.5, 0.6) is 0 Å². The molecule has 2 nitrogen and oxygen atoms in total. The summed E-state index contributed by atoms with van der Waals surface area (Å²) in [6, 6.07) is 3.72. The minimum atomic E-state index is -0.385. The molecule has 1 aromatic rings. The zero-order chi connectivity index (χ0) is 10.3. The van der Waals surface area contributed by atoms with Crippen LogP contribution in [-0.4, -0.2) is 5.11 Å². The summed E-state index contributed by atoms with van der Waals surface area (Å²) in [7, 11) is 0. The van der Waals surface area contributed by atoms with Crippen molar-refractivity contribution in [1.82, 2.24) is 0 Å². The first kappa shape index (κ1) is 9.46. The summed E-state index contributed by atoms with van der Waals surface area (Å²) in [5.74, 6) is 3.32. The smallest absolute Gasteiger partial charge is 0.132 e. The topological polar surface area (TPSA) is 33.4 Å². The van der Waals surface area contributed by atoms with Crippen molar-refractivity contribution in [3.05, 3.63) is 24.2 Å². The fourth-order valence-corrected chi connectivity index (χ4v) is 3.55. The van der Waals surface area contributed by atoms with Crippen molar-refractivity contribution in [3.8, 4) is 0 Å². The van der Waals surface area contributed by atoms with Crippen molar-refractivity contribution >= 4 is 0 Å². The van der Waals surface area contributed by atoms with Crippen molar-refractivity contribution in [2.45, 2.75) is 38.2 Å². The number of hydrogen-bond donors (Lipinski definition) is 1. The summed E-state index contributed by atoms with van der Waals surface area (Å²) < 4.78 is 5.24. The maximum atomic E-state index is 10.0. The molecule has 2 fully saturated rings. The molecule has 82 valence electrons. The van der Waals surface area contributed by atoms with Gasteiger partial charge in [-0.25, -0.2) is 0 Å².